The van der Waals surface area contributed by atoms with Crippen molar-refractivity contribution in [3.63, 3.8) is 0 Å². The van der Waals surface area contributed by atoms with Gasteiger partial charge in [0.05, 0.1) is 12.5 Å². The largest absolute Gasteiger partial charge is 0.465 e. The Kier molecular flexibility index (Phi) is 1.18. The van der Waals surface area contributed by atoms with Crippen molar-refractivity contribution in [2.24, 2.45) is 23.7 Å². The summed E-state index contributed by atoms with van der Waals surface area (Å²) >= 11 is 0. The fourth-order valence-electron chi connectivity index (χ4n) is 2.95. The number of rotatable bonds is 0. The molecule has 3 aliphatic carbocycles. The summed E-state index contributed by atoms with van der Waals surface area (Å²) in [6.45, 7) is 0.676. The van der Waals surface area contributed by atoms with Crippen molar-refractivity contribution < 1.29 is 9.53 Å². The summed E-state index contributed by atoms with van der Waals surface area (Å²) in [7, 11) is 0. The Bertz CT molecular complexity index is 257. The van der Waals surface area contributed by atoms with Crippen molar-refractivity contribution in [3.05, 3.63) is 12.2 Å². The summed E-state index contributed by atoms with van der Waals surface area (Å²) < 4.78 is 5.10. The Labute approximate surface area is 71.6 Å². The molecule has 0 amide bonds. The maximum absolute atomic E-state index is 11.3. The first-order valence-electron chi connectivity index (χ1n) is 4.71. The molecular weight excluding hydrogens is 152 g/mol. The normalized spacial score (nSPS) is 49.2. The predicted octanol–water partition coefficient (Wildman–Crippen LogP) is 1.37. The highest BCUT2D eigenvalue weighted by Gasteiger charge is 2.49. The van der Waals surface area contributed by atoms with Crippen molar-refractivity contribution in [2.45, 2.75) is 12.8 Å². The fraction of sp³-hybridized carbons (Fsp3) is 0.700. The average Bonchev–Trinajstić information content (AvgIpc) is 2.53. The number of carbonyl (C=O) groups excluding carboxylic acids is 1. The van der Waals surface area contributed by atoms with Crippen LogP contribution in [0.3, 0.4) is 0 Å². The first kappa shape index (κ1) is 6.70. The van der Waals surface area contributed by atoms with E-state index in [-0.39, 0.29) is 11.9 Å². The van der Waals surface area contributed by atoms with E-state index in [1.54, 1.807) is 0 Å². The van der Waals surface area contributed by atoms with Crippen LogP contribution >= 0.6 is 0 Å². The fourth-order valence-corrected chi connectivity index (χ4v) is 2.95. The highest BCUT2D eigenvalue weighted by atomic mass is 16.5. The van der Waals surface area contributed by atoms with Gasteiger partial charge in [0.2, 0.25) is 0 Å². The molecule has 0 aromatic carbocycles. The van der Waals surface area contributed by atoms with Gasteiger partial charge in [-0.15, -0.1) is 0 Å². The van der Waals surface area contributed by atoms with E-state index in [1.807, 2.05) is 0 Å². The first-order chi connectivity index (χ1) is 5.86. The molecule has 4 atom stereocenters. The van der Waals surface area contributed by atoms with Gasteiger partial charge in [-0.25, -0.2) is 0 Å². The molecule has 2 nitrogen and oxygen atoms in total. The molecule has 12 heavy (non-hydrogen) atoms. The molecule has 0 unspecified atom stereocenters. The zero-order valence-electron chi connectivity index (χ0n) is 6.90. The number of ether oxygens (including phenoxy) is 1. The summed E-state index contributed by atoms with van der Waals surface area (Å²) in [6.07, 6.45) is 6.97. The summed E-state index contributed by atoms with van der Waals surface area (Å²) in [4.78, 5) is 11.3. The summed E-state index contributed by atoms with van der Waals surface area (Å²) in [5, 5.41) is 0. The standard InChI is InChI=1S/C10H12O2/c11-10-9-7-3-1-6(2-4-7)8(9)5-12-10/h1,3,6-9H,2,4-5H2/t6-,7+,8+,9-/m1/s1. The zero-order valence-corrected chi connectivity index (χ0v) is 6.90. The lowest BCUT2D eigenvalue weighted by Gasteiger charge is -2.38. The van der Waals surface area contributed by atoms with Gasteiger partial charge in [0.15, 0.2) is 0 Å². The monoisotopic (exact) mass is 164 g/mol. The Morgan fingerprint density at radius 3 is 2.67 bits per heavy atom. The number of hydrogen-bond donors (Lipinski definition) is 0. The highest BCUT2D eigenvalue weighted by molar-refractivity contribution is 5.76. The number of esters is 1. The van der Waals surface area contributed by atoms with Crippen molar-refractivity contribution in [2.75, 3.05) is 6.61 Å². The zero-order chi connectivity index (χ0) is 8.13. The number of carbonyl (C=O) groups is 1. The molecule has 2 fully saturated rings. The lowest BCUT2D eigenvalue weighted by Crippen LogP contribution is -2.37. The molecule has 2 heteroatoms. The molecule has 64 valence electrons. The molecule has 4 rings (SSSR count). The van der Waals surface area contributed by atoms with E-state index in [2.05, 4.69) is 12.2 Å². The van der Waals surface area contributed by atoms with Crippen LogP contribution in [0.4, 0.5) is 0 Å². The summed E-state index contributed by atoms with van der Waals surface area (Å²) in [5.41, 5.74) is 0. The van der Waals surface area contributed by atoms with Crippen molar-refractivity contribution in [1.82, 2.24) is 0 Å². The second kappa shape index (κ2) is 2.12. The van der Waals surface area contributed by atoms with Gasteiger partial charge in [0, 0.05) is 5.92 Å². The van der Waals surface area contributed by atoms with E-state index < -0.39 is 0 Å². The minimum atomic E-state index is 0.0547. The lowest BCUT2D eigenvalue weighted by molar-refractivity contribution is -0.142. The van der Waals surface area contributed by atoms with E-state index in [0.29, 0.717) is 24.4 Å². The molecule has 0 radical (unpaired) electrons. The minimum Gasteiger partial charge on any atom is -0.465 e. The van der Waals surface area contributed by atoms with Crippen LogP contribution in [-0.4, -0.2) is 12.6 Å². The van der Waals surface area contributed by atoms with E-state index in [4.69, 9.17) is 4.74 Å². The van der Waals surface area contributed by atoms with Gasteiger partial charge in [-0.3, -0.25) is 4.79 Å². The maximum atomic E-state index is 11.3. The molecular formula is C10H12O2. The second-order valence-electron chi connectivity index (χ2n) is 4.11. The van der Waals surface area contributed by atoms with Crippen molar-refractivity contribution in [3.8, 4) is 0 Å². The van der Waals surface area contributed by atoms with Gasteiger partial charge >= 0.3 is 5.97 Å². The molecule has 1 heterocycles. The third-order valence-corrected chi connectivity index (χ3v) is 3.60. The smallest absolute Gasteiger partial charge is 0.309 e. The number of cyclic esters (lactones) is 1. The van der Waals surface area contributed by atoms with E-state index in [0.717, 1.165) is 0 Å². The third-order valence-electron chi connectivity index (χ3n) is 3.60. The topological polar surface area (TPSA) is 26.3 Å². The van der Waals surface area contributed by atoms with Gasteiger partial charge in [0.25, 0.3) is 0 Å². The summed E-state index contributed by atoms with van der Waals surface area (Å²) in [5.74, 6) is 1.91. The molecule has 2 bridgehead atoms. The van der Waals surface area contributed by atoms with E-state index >= 15 is 0 Å². The molecule has 1 saturated carbocycles. The first-order valence-corrected chi connectivity index (χ1v) is 4.71. The molecule has 0 aromatic heterocycles. The van der Waals surface area contributed by atoms with Gasteiger partial charge < -0.3 is 4.74 Å². The van der Waals surface area contributed by atoms with Crippen LogP contribution in [0.25, 0.3) is 0 Å². The Morgan fingerprint density at radius 1 is 1.25 bits per heavy atom. The van der Waals surface area contributed by atoms with Crippen molar-refractivity contribution in [1.29, 1.82) is 0 Å². The number of hydrogen-bond acceptors (Lipinski definition) is 2. The molecule has 0 N–H and O–H groups in total. The van der Waals surface area contributed by atoms with Crippen LogP contribution in [0.15, 0.2) is 12.2 Å². The lowest BCUT2D eigenvalue weighted by atomic mass is 9.63. The minimum absolute atomic E-state index is 0.0547. The van der Waals surface area contributed by atoms with Crippen molar-refractivity contribution >= 4 is 5.97 Å². The molecule has 0 aromatic rings. The van der Waals surface area contributed by atoms with Gasteiger partial charge in [-0.1, -0.05) is 12.2 Å². The molecule has 4 aliphatic rings. The molecule has 0 spiro atoms. The second-order valence-corrected chi connectivity index (χ2v) is 4.11. The Hall–Kier alpha value is -0.790. The van der Waals surface area contributed by atoms with Crippen LogP contribution < -0.4 is 0 Å². The van der Waals surface area contributed by atoms with Crippen LogP contribution in [0, 0.1) is 23.7 Å². The molecule has 1 aliphatic heterocycles. The Morgan fingerprint density at radius 2 is 2.00 bits per heavy atom. The van der Waals surface area contributed by atoms with Crippen LogP contribution in [0.2, 0.25) is 0 Å². The highest BCUT2D eigenvalue weighted by Crippen LogP contribution is 2.47. The van der Waals surface area contributed by atoms with Crippen LogP contribution in [0.5, 0.6) is 0 Å². The third kappa shape index (κ3) is 0.680. The summed E-state index contributed by atoms with van der Waals surface area (Å²) in [6, 6.07) is 0. The number of allylic oxidation sites excluding steroid dienone is 2. The van der Waals surface area contributed by atoms with Gasteiger partial charge in [0.1, 0.15) is 0 Å². The Balaban J connectivity index is 2.01. The van der Waals surface area contributed by atoms with Gasteiger partial charge in [-0.05, 0) is 24.7 Å². The predicted molar refractivity (Wildman–Crippen MR) is 43.3 cm³/mol. The number of fused-ring (bicyclic) bond motifs is 1. The maximum Gasteiger partial charge on any atom is 0.309 e. The van der Waals surface area contributed by atoms with E-state index in [9.17, 15) is 4.79 Å². The van der Waals surface area contributed by atoms with Crippen LogP contribution in [-0.2, 0) is 9.53 Å². The molecule has 1 saturated heterocycles. The van der Waals surface area contributed by atoms with Gasteiger partial charge in [-0.2, -0.15) is 0 Å². The quantitative estimate of drug-likeness (QED) is 0.399. The average molecular weight is 164 g/mol. The van der Waals surface area contributed by atoms with Crippen LogP contribution in [0.1, 0.15) is 12.8 Å². The van der Waals surface area contributed by atoms with E-state index in [1.165, 1.54) is 12.8 Å². The SMILES string of the molecule is O=C1OC[C@@H]2[C@H]1[C@H]1C=C[C@@H]2CC1.